The van der Waals surface area contributed by atoms with Crippen LogP contribution in [0.1, 0.15) is 65.9 Å². The van der Waals surface area contributed by atoms with Crippen molar-refractivity contribution in [2.24, 2.45) is 0 Å². The molecule has 0 saturated heterocycles. The second-order valence-corrected chi connectivity index (χ2v) is 9.40. The van der Waals surface area contributed by atoms with Crippen molar-refractivity contribution >= 4 is 33.4 Å². The summed E-state index contributed by atoms with van der Waals surface area (Å²) in [5, 5.41) is 12.7. The van der Waals surface area contributed by atoms with Crippen molar-refractivity contribution in [3.63, 3.8) is 0 Å². The van der Waals surface area contributed by atoms with E-state index in [4.69, 9.17) is 9.84 Å². The summed E-state index contributed by atoms with van der Waals surface area (Å²) in [6.07, 6.45) is 9.09. The normalized spacial score (nSPS) is 15.1. The fourth-order valence-electron chi connectivity index (χ4n) is 4.05. The van der Waals surface area contributed by atoms with Crippen LogP contribution in [-0.4, -0.2) is 28.1 Å². The molecule has 32 heavy (non-hydrogen) atoms. The number of nitrogens with zero attached hydrogens (tertiary/aromatic N) is 1. The number of fused-ring (bicyclic) bond motifs is 1. The van der Waals surface area contributed by atoms with E-state index >= 15 is 0 Å². The van der Waals surface area contributed by atoms with Gasteiger partial charge in [0.05, 0.1) is 28.3 Å². The smallest absolute Gasteiger partial charge is 0.335 e. The highest BCUT2D eigenvalue weighted by molar-refractivity contribution is 7.18. The Balaban J connectivity index is 1.34. The minimum atomic E-state index is -0.981. The van der Waals surface area contributed by atoms with Crippen LogP contribution in [0.4, 0.5) is 0 Å². The van der Waals surface area contributed by atoms with Crippen LogP contribution in [0, 0.1) is 0 Å². The van der Waals surface area contributed by atoms with Gasteiger partial charge in [-0.15, -0.1) is 11.3 Å². The van der Waals surface area contributed by atoms with Crippen LogP contribution in [0.15, 0.2) is 42.5 Å². The largest absolute Gasteiger partial charge is 0.490 e. The van der Waals surface area contributed by atoms with Crippen LogP contribution >= 0.6 is 11.3 Å². The lowest BCUT2D eigenvalue weighted by Gasteiger charge is -2.21. The number of carbonyl (C=O) groups is 2. The first-order chi connectivity index (χ1) is 15.6. The van der Waals surface area contributed by atoms with Gasteiger partial charge in [-0.2, -0.15) is 0 Å². The molecule has 1 aliphatic rings. The fraction of sp³-hybridized carbons (Fsp3) is 0.400. The molecule has 0 radical (unpaired) electrons. The second kappa shape index (κ2) is 10.6. The highest BCUT2D eigenvalue weighted by Crippen LogP contribution is 2.29. The molecule has 1 amide bonds. The van der Waals surface area contributed by atoms with E-state index in [0.29, 0.717) is 0 Å². The van der Waals surface area contributed by atoms with E-state index in [1.165, 1.54) is 49.5 Å². The van der Waals surface area contributed by atoms with Gasteiger partial charge in [0.15, 0.2) is 0 Å². The van der Waals surface area contributed by atoms with E-state index in [2.05, 4.69) is 10.3 Å². The maximum absolute atomic E-state index is 12.4. The van der Waals surface area contributed by atoms with Crippen molar-refractivity contribution in [2.75, 3.05) is 0 Å². The summed E-state index contributed by atoms with van der Waals surface area (Å²) in [5.74, 6) is -0.248. The molecule has 0 unspecified atom stereocenters. The summed E-state index contributed by atoms with van der Waals surface area (Å²) < 4.78 is 7.28. The van der Waals surface area contributed by atoms with Gasteiger partial charge in [0.2, 0.25) is 5.91 Å². The Morgan fingerprint density at radius 3 is 2.62 bits per heavy atom. The van der Waals surface area contributed by atoms with Gasteiger partial charge < -0.3 is 15.2 Å². The first-order valence-corrected chi connectivity index (χ1v) is 12.0. The van der Waals surface area contributed by atoms with Crippen molar-refractivity contribution in [3.05, 3.63) is 58.6 Å². The van der Waals surface area contributed by atoms with Crippen molar-refractivity contribution in [3.8, 4) is 5.75 Å². The molecule has 1 heterocycles. The summed E-state index contributed by atoms with van der Waals surface area (Å²) in [6.45, 7) is 0.282. The third-order valence-electron chi connectivity index (χ3n) is 5.73. The molecular formula is C25H28N2O4S. The molecule has 3 aromatic rings. The number of ether oxygens (including phenoxy) is 1. The lowest BCUT2D eigenvalue weighted by Crippen LogP contribution is -2.24. The predicted octanol–water partition coefficient (Wildman–Crippen LogP) is 5.35. The molecule has 168 valence electrons. The number of carboxylic acid groups (broad SMARTS) is 1. The summed E-state index contributed by atoms with van der Waals surface area (Å²) in [7, 11) is 0. The van der Waals surface area contributed by atoms with Gasteiger partial charge in [-0.05, 0) is 61.6 Å². The maximum atomic E-state index is 12.4. The summed E-state index contributed by atoms with van der Waals surface area (Å²) in [4.78, 5) is 28.0. The molecule has 1 aliphatic carbocycles. The molecule has 0 bridgehead atoms. The van der Waals surface area contributed by atoms with Crippen LogP contribution in [-0.2, 0) is 17.8 Å². The predicted molar refractivity (Wildman–Crippen MR) is 125 cm³/mol. The average molecular weight is 453 g/mol. The standard InChI is InChI=1S/C25H28N2O4S/c28-23(26-16-17-7-6-8-18(13-17)25(29)30)15-24-27-21-12-11-20(14-22(21)32-24)31-19-9-4-2-1-3-5-10-19/h6-8,11-14,19H,1-5,9-10,15-16H2,(H,26,28)(H,29,30). The Labute approximate surface area is 191 Å². The zero-order valence-electron chi connectivity index (χ0n) is 18.0. The van der Waals surface area contributed by atoms with Crippen molar-refractivity contribution < 1.29 is 19.4 Å². The number of hydrogen-bond donors (Lipinski definition) is 2. The molecule has 0 spiro atoms. The SMILES string of the molecule is O=C(Cc1nc2ccc(OC3CCCCCCC3)cc2s1)NCc1cccc(C(=O)O)c1. The number of aromatic carboxylic acids is 1. The minimum absolute atomic E-state index is 0.143. The molecular weight excluding hydrogens is 424 g/mol. The van der Waals surface area contributed by atoms with E-state index in [1.807, 2.05) is 18.2 Å². The van der Waals surface area contributed by atoms with Gasteiger partial charge in [0, 0.05) is 6.54 Å². The Hall–Kier alpha value is -2.93. The molecule has 2 N–H and O–H groups in total. The number of thiazole rings is 1. The topological polar surface area (TPSA) is 88.5 Å². The second-order valence-electron chi connectivity index (χ2n) is 8.28. The third kappa shape index (κ3) is 6.07. The highest BCUT2D eigenvalue weighted by atomic mass is 32.1. The summed E-state index contributed by atoms with van der Waals surface area (Å²) in [6, 6.07) is 12.5. The van der Waals surface area contributed by atoms with Gasteiger partial charge in [0.25, 0.3) is 0 Å². The lowest BCUT2D eigenvalue weighted by molar-refractivity contribution is -0.120. The van der Waals surface area contributed by atoms with Crippen LogP contribution in [0.2, 0.25) is 0 Å². The molecule has 1 aromatic heterocycles. The average Bonchev–Trinajstić information content (AvgIpc) is 3.15. The summed E-state index contributed by atoms with van der Waals surface area (Å²) in [5.41, 5.74) is 1.83. The quantitative estimate of drug-likeness (QED) is 0.505. The van der Waals surface area contributed by atoms with E-state index in [9.17, 15) is 9.59 Å². The first-order valence-electron chi connectivity index (χ1n) is 11.2. The van der Waals surface area contributed by atoms with Crippen LogP contribution in [0.5, 0.6) is 5.75 Å². The number of aromatic nitrogens is 1. The van der Waals surface area contributed by atoms with Gasteiger partial charge in [-0.3, -0.25) is 4.79 Å². The monoisotopic (exact) mass is 452 g/mol. The minimum Gasteiger partial charge on any atom is -0.490 e. The maximum Gasteiger partial charge on any atom is 0.335 e. The molecule has 0 aliphatic heterocycles. The lowest BCUT2D eigenvalue weighted by atomic mass is 9.98. The van der Waals surface area contributed by atoms with Gasteiger partial charge in [0.1, 0.15) is 10.8 Å². The number of amides is 1. The number of carbonyl (C=O) groups excluding carboxylic acids is 1. The molecule has 4 rings (SSSR count). The number of hydrogen-bond acceptors (Lipinski definition) is 5. The molecule has 0 atom stereocenters. The van der Waals surface area contributed by atoms with Crippen LogP contribution in [0.25, 0.3) is 10.2 Å². The number of nitrogens with one attached hydrogen (secondary N) is 1. The molecule has 1 fully saturated rings. The Morgan fingerprint density at radius 1 is 1.06 bits per heavy atom. The van der Waals surface area contributed by atoms with Gasteiger partial charge >= 0.3 is 5.97 Å². The van der Waals surface area contributed by atoms with E-state index in [1.54, 1.807) is 18.2 Å². The highest BCUT2D eigenvalue weighted by Gasteiger charge is 2.15. The fourth-order valence-corrected chi connectivity index (χ4v) is 5.04. The van der Waals surface area contributed by atoms with Crippen molar-refractivity contribution in [2.45, 2.75) is 64.0 Å². The van der Waals surface area contributed by atoms with Gasteiger partial charge in [-0.25, -0.2) is 9.78 Å². The Kier molecular flexibility index (Phi) is 7.37. The summed E-state index contributed by atoms with van der Waals surface area (Å²) >= 11 is 1.51. The third-order valence-corrected chi connectivity index (χ3v) is 6.75. The molecule has 7 heteroatoms. The van der Waals surface area contributed by atoms with E-state index in [0.717, 1.165) is 39.4 Å². The number of benzene rings is 2. The van der Waals surface area contributed by atoms with E-state index < -0.39 is 5.97 Å². The molecule has 1 saturated carbocycles. The number of rotatable bonds is 7. The Bertz CT molecular complexity index is 1090. The molecule has 2 aromatic carbocycles. The van der Waals surface area contributed by atoms with Crippen LogP contribution in [0.3, 0.4) is 0 Å². The first kappa shape index (κ1) is 22.3. The van der Waals surface area contributed by atoms with Crippen molar-refractivity contribution in [1.29, 1.82) is 0 Å². The molecule has 6 nitrogen and oxygen atoms in total. The Morgan fingerprint density at radius 2 is 1.84 bits per heavy atom. The van der Waals surface area contributed by atoms with Gasteiger partial charge in [-0.1, -0.05) is 31.4 Å². The zero-order valence-corrected chi connectivity index (χ0v) is 18.8. The zero-order chi connectivity index (χ0) is 22.3. The van der Waals surface area contributed by atoms with E-state index in [-0.39, 0.29) is 30.5 Å². The van der Waals surface area contributed by atoms with Crippen LogP contribution < -0.4 is 10.1 Å². The number of carboxylic acids is 1. The van der Waals surface area contributed by atoms with Crippen molar-refractivity contribution in [1.82, 2.24) is 10.3 Å².